The molecule has 1 atom stereocenters. The number of nitrogens with one attached hydrogen (secondary N) is 1. The fraction of sp³-hybridized carbons (Fsp3) is 0.556. The topological polar surface area (TPSA) is 58.6 Å². The van der Waals surface area contributed by atoms with E-state index >= 15 is 0 Å². The maximum atomic E-state index is 14.3. The zero-order valence-electron chi connectivity index (χ0n) is 13.5. The predicted molar refractivity (Wildman–Crippen MR) is 85.6 cm³/mol. The number of Topliss-reactive ketones (excluding diaryl/α,β-unsaturated/α-hetero) is 1. The molecule has 1 unspecified atom stereocenters. The summed E-state index contributed by atoms with van der Waals surface area (Å²) in [7, 11) is 0. The van der Waals surface area contributed by atoms with E-state index in [1.807, 2.05) is 0 Å². The van der Waals surface area contributed by atoms with Crippen LogP contribution in [0.2, 0.25) is 0 Å². The Hall–Kier alpha value is -1.95. The highest BCUT2D eigenvalue weighted by molar-refractivity contribution is 5.98. The second-order valence-electron chi connectivity index (χ2n) is 6.81. The van der Waals surface area contributed by atoms with Crippen LogP contribution < -0.4 is 10.1 Å². The number of hydrogen-bond acceptors (Lipinski definition) is 4. The SMILES string of the molecule is O=C(c1cc2c(cc1F)OCC2)C1CCN(C2CCNC2=O)CC1. The summed E-state index contributed by atoms with van der Waals surface area (Å²) >= 11 is 0. The van der Waals surface area contributed by atoms with E-state index in [9.17, 15) is 14.0 Å². The number of hydrogen-bond donors (Lipinski definition) is 1. The molecule has 1 aromatic rings. The van der Waals surface area contributed by atoms with Gasteiger partial charge in [-0.25, -0.2) is 4.39 Å². The number of rotatable bonds is 3. The second-order valence-corrected chi connectivity index (χ2v) is 6.81. The minimum absolute atomic E-state index is 0.0602. The van der Waals surface area contributed by atoms with Gasteiger partial charge in [0, 0.05) is 24.9 Å². The molecule has 0 spiro atoms. The van der Waals surface area contributed by atoms with Crippen LogP contribution in [0.3, 0.4) is 0 Å². The monoisotopic (exact) mass is 332 g/mol. The van der Waals surface area contributed by atoms with Crippen LogP contribution in [0.25, 0.3) is 0 Å². The first-order valence-electron chi connectivity index (χ1n) is 8.64. The fourth-order valence-corrected chi connectivity index (χ4v) is 4.01. The lowest BCUT2D eigenvalue weighted by atomic mass is 9.87. The van der Waals surface area contributed by atoms with Crippen LogP contribution in [-0.2, 0) is 11.2 Å². The summed E-state index contributed by atoms with van der Waals surface area (Å²) in [6.45, 7) is 2.70. The van der Waals surface area contributed by atoms with Gasteiger partial charge < -0.3 is 10.1 Å². The molecule has 1 amide bonds. The van der Waals surface area contributed by atoms with Crippen molar-refractivity contribution in [2.45, 2.75) is 31.7 Å². The molecule has 1 N–H and O–H groups in total. The minimum Gasteiger partial charge on any atom is -0.493 e. The van der Waals surface area contributed by atoms with Crippen LogP contribution >= 0.6 is 0 Å². The summed E-state index contributed by atoms with van der Waals surface area (Å²) < 4.78 is 19.6. The lowest BCUT2D eigenvalue weighted by Gasteiger charge is -2.34. The predicted octanol–water partition coefficient (Wildman–Crippen LogP) is 1.54. The molecule has 2 fully saturated rings. The number of ketones is 1. The molecule has 3 aliphatic heterocycles. The summed E-state index contributed by atoms with van der Waals surface area (Å²) in [4.78, 5) is 26.7. The number of benzene rings is 1. The lowest BCUT2D eigenvalue weighted by Crippen LogP contribution is -2.46. The highest BCUT2D eigenvalue weighted by atomic mass is 19.1. The van der Waals surface area contributed by atoms with Crippen LogP contribution in [-0.4, -0.2) is 48.9 Å². The Balaban J connectivity index is 1.44. The Kier molecular flexibility index (Phi) is 4.00. The first kappa shape index (κ1) is 15.6. The average molecular weight is 332 g/mol. The molecule has 2 saturated heterocycles. The van der Waals surface area contributed by atoms with E-state index in [1.54, 1.807) is 6.07 Å². The van der Waals surface area contributed by atoms with Crippen molar-refractivity contribution in [3.8, 4) is 5.75 Å². The number of nitrogens with zero attached hydrogens (tertiary/aromatic N) is 1. The third-order valence-electron chi connectivity index (χ3n) is 5.41. The molecule has 0 aliphatic carbocycles. The van der Waals surface area contributed by atoms with E-state index in [0.29, 0.717) is 38.3 Å². The average Bonchev–Trinajstić information content (AvgIpc) is 3.22. The smallest absolute Gasteiger partial charge is 0.237 e. The van der Waals surface area contributed by atoms with Crippen LogP contribution in [0.4, 0.5) is 4.39 Å². The number of piperidine rings is 1. The molecule has 3 heterocycles. The van der Waals surface area contributed by atoms with Crippen molar-refractivity contribution in [2.24, 2.45) is 5.92 Å². The van der Waals surface area contributed by atoms with Crippen molar-refractivity contribution in [1.29, 1.82) is 0 Å². The van der Waals surface area contributed by atoms with Gasteiger partial charge in [-0.3, -0.25) is 14.5 Å². The van der Waals surface area contributed by atoms with Gasteiger partial charge in [-0.05, 0) is 44.0 Å². The maximum absolute atomic E-state index is 14.3. The molecule has 0 saturated carbocycles. The quantitative estimate of drug-likeness (QED) is 0.853. The standard InChI is InChI=1S/C18H21FN2O3/c19-14-10-16-12(4-8-24-16)9-13(14)17(22)11-2-6-21(7-3-11)15-1-5-20-18(15)23/h9-11,15H,1-8H2,(H,20,23). The van der Waals surface area contributed by atoms with Crippen molar-refractivity contribution in [3.05, 3.63) is 29.1 Å². The number of fused-ring (bicyclic) bond motifs is 1. The van der Waals surface area contributed by atoms with Gasteiger partial charge in [0.05, 0.1) is 18.2 Å². The second kappa shape index (κ2) is 6.16. The normalized spacial score (nSPS) is 24.5. The molecule has 4 rings (SSSR count). The lowest BCUT2D eigenvalue weighted by molar-refractivity contribution is -0.124. The Morgan fingerprint density at radius 2 is 2.04 bits per heavy atom. The van der Waals surface area contributed by atoms with Crippen LogP contribution in [0.5, 0.6) is 5.75 Å². The molecular formula is C18H21FN2O3. The Bertz CT molecular complexity index is 683. The van der Waals surface area contributed by atoms with Gasteiger partial charge in [-0.2, -0.15) is 0 Å². The number of carbonyl (C=O) groups excluding carboxylic acids is 2. The molecular weight excluding hydrogens is 311 g/mol. The molecule has 24 heavy (non-hydrogen) atoms. The zero-order valence-corrected chi connectivity index (χ0v) is 13.5. The fourth-order valence-electron chi connectivity index (χ4n) is 4.01. The van der Waals surface area contributed by atoms with Gasteiger partial charge in [0.15, 0.2) is 5.78 Å². The minimum atomic E-state index is -0.488. The summed E-state index contributed by atoms with van der Waals surface area (Å²) in [5.74, 6) is -0.118. The Morgan fingerprint density at radius 3 is 2.75 bits per heavy atom. The molecule has 5 nitrogen and oxygen atoms in total. The number of amides is 1. The van der Waals surface area contributed by atoms with Gasteiger partial charge in [-0.1, -0.05) is 0 Å². The van der Waals surface area contributed by atoms with Crippen molar-refractivity contribution in [3.63, 3.8) is 0 Å². The van der Waals surface area contributed by atoms with Gasteiger partial charge in [0.25, 0.3) is 0 Å². The van der Waals surface area contributed by atoms with Gasteiger partial charge in [-0.15, -0.1) is 0 Å². The Morgan fingerprint density at radius 1 is 1.25 bits per heavy atom. The van der Waals surface area contributed by atoms with Crippen LogP contribution in [0, 0.1) is 11.7 Å². The van der Waals surface area contributed by atoms with Crippen molar-refractivity contribution in [2.75, 3.05) is 26.2 Å². The van der Waals surface area contributed by atoms with Crippen LogP contribution in [0.15, 0.2) is 12.1 Å². The maximum Gasteiger partial charge on any atom is 0.237 e. The first-order chi connectivity index (χ1) is 11.6. The molecule has 128 valence electrons. The third kappa shape index (κ3) is 2.69. The van der Waals surface area contributed by atoms with Crippen molar-refractivity contribution >= 4 is 11.7 Å². The van der Waals surface area contributed by atoms with E-state index < -0.39 is 5.82 Å². The van der Waals surface area contributed by atoms with Gasteiger partial charge in [0.1, 0.15) is 11.6 Å². The third-order valence-corrected chi connectivity index (χ3v) is 5.41. The molecule has 6 heteroatoms. The van der Waals surface area contributed by atoms with E-state index in [1.165, 1.54) is 6.07 Å². The van der Waals surface area contributed by atoms with E-state index in [2.05, 4.69) is 10.2 Å². The van der Waals surface area contributed by atoms with Crippen molar-refractivity contribution in [1.82, 2.24) is 10.2 Å². The molecule has 1 aromatic carbocycles. The number of carbonyl (C=O) groups is 2. The van der Waals surface area contributed by atoms with Crippen LogP contribution in [0.1, 0.15) is 35.2 Å². The van der Waals surface area contributed by atoms with Gasteiger partial charge in [0.2, 0.25) is 5.91 Å². The molecule has 3 aliphatic rings. The van der Waals surface area contributed by atoms with Gasteiger partial charge >= 0.3 is 0 Å². The number of likely N-dealkylation sites (tertiary alicyclic amines) is 1. The Labute approximate surface area is 140 Å². The molecule has 0 radical (unpaired) electrons. The molecule has 0 bridgehead atoms. The number of halogens is 1. The molecule has 0 aromatic heterocycles. The highest BCUT2D eigenvalue weighted by Gasteiger charge is 2.35. The summed E-state index contributed by atoms with van der Waals surface area (Å²) in [5.41, 5.74) is 1.11. The highest BCUT2D eigenvalue weighted by Crippen LogP contribution is 2.31. The number of ether oxygens (including phenoxy) is 1. The first-order valence-corrected chi connectivity index (χ1v) is 8.64. The summed E-state index contributed by atoms with van der Waals surface area (Å²) in [6.07, 6.45) is 2.91. The van der Waals surface area contributed by atoms with Crippen molar-refractivity contribution < 1.29 is 18.7 Å². The largest absolute Gasteiger partial charge is 0.493 e. The summed E-state index contributed by atoms with van der Waals surface area (Å²) in [6, 6.07) is 2.94. The van der Waals surface area contributed by atoms with E-state index in [-0.39, 0.29) is 29.2 Å². The zero-order chi connectivity index (χ0) is 16.7. The summed E-state index contributed by atoms with van der Waals surface area (Å²) in [5, 5.41) is 2.85. The van der Waals surface area contributed by atoms with E-state index in [4.69, 9.17) is 4.74 Å². The van der Waals surface area contributed by atoms with E-state index in [0.717, 1.165) is 24.9 Å².